The normalized spacial score (nSPS) is 25.1. The highest BCUT2D eigenvalue weighted by Gasteiger charge is 2.63. The number of carbonyl (C=O) groups is 1. The number of benzene rings is 2. The first-order chi connectivity index (χ1) is 16.5. The van der Waals surface area contributed by atoms with Gasteiger partial charge in [0, 0.05) is 23.0 Å². The van der Waals surface area contributed by atoms with Gasteiger partial charge >= 0.3 is 0 Å². The largest absolute Gasteiger partial charge is 0.394 e. The molecule has 1 heterocycles. The van der Waals surface area contributed by atoms with Crippen molar-refractivity contribution >= 4 is 29.1 Å². The summed E-state index contributed by atoms with van der Waals surface area (Å²) in [7, 11) is 0. The van der Waals surface area contributed by atoms with Gasteiger partial charge < -0.3 is 20.8 Å². The quantitative estimate of drug-likeness (QED) is 0.430. The number of nitrogens with one attached hydrogen (secondary N) is 1. The van der Waals surface area contributed by atoms with E-state index in [9.17, 15) is 15.2 Å². The highest BCUT2D eigenvalue weighted by Crippen LogP contribution is 2.48. The Morgan fingerprint density at radius 1 is 1.20 bits per heavy atom. The molecule has 5 atom stereocenters. The number of hydrogen-bond acceptors (Lipinski definition) is 4. The van der Waals surface area contributed by atoms with E-state index < -0.39 is 23.5 Å². The molecule has 0 unspecified atom stereocenters. The summed E-state index contributed by atoms with van der Waals surface area (Å²) in [5.41, 5.74) is 0.517. The zero-order chi connectivity index (χ0) is 25.8. The second kappa shape index (κ2) is 11.3. The zero-order valence-corrected chi connectivity index (χ0v) is 21.9. The van der Waals surface area contributed by atoms with Crippen LogP contribution >= 0.6 is 23.2 Å². The Balaban J connectivity index is 2.14. The summed E-state index contributed by atoms with van der Waals surface area (Å²) in [5, 5.41) is 35.7. The highest BCUT2D eigenvalue weighted by molar-refractivity contribution is 6.30. The van der Waals surface area contributed by atoms with E-state index >= 15 is 0 Å². The minimum atomic E-state index is -1.02. The number of nitrogens with zero attached hydrogens (tertiary/aromatic N) is 1. The predicted molar refractivity (Wildman–Crippen MR) is 137 cm³/mol. The number of amides is 1. The number of nitriles is 1. The minimum absolute atomic E-state index is 0.0921. The molecule has 2 aromatic carbocycles. The van der Waals surface area contributed by atoms with Crippen LogP contribution in [0.25, 0.3) is 0 Å². The summed E-state index contributed by atoms with van der Waals surface area (Å²) in [6, 6.07) is 16.5. The van der Waals surface area contributed by atoms with Crippen molar-refractivity contribution < 1.29 is 20.3 Å². The Hall–Kier alpha value is -2.14. The highest BCUT2D eigenvalue weighted by atomic mass is 35.5. The van der Waals surface area contributed by atoms with Crippen LogP contribution in [0, 0.1) is 16.7 Å². The topological polar surface area (TPSA) is 110 Å². The zero-order valence-electron chi connectivity index (χ0n) is 20.3. The number of aliphatic hydroxyl groups excluding tert-OH is 2. The number of carbonyl (C=O) groups excluding carboxylic acids is 1. The summed E-state index contributed by atoms with van der Waals surface area (Å²) in [5.74, 6) is -0.701. The monoisotopic (exact) mass is 518 g/mol. The molecule has 0 saturated carbocycles. The lowest BCUT2D eigenvalue weighted by Crippen LogP contribution is -2.95. The van der Waals surface area contributed by atoms with Crippen molar-refractivity contribution in [3.63, 3.8) is 0 Å². The first-order valence-corrected chi connectivity index (χ1v) is 12.6. The summed E-state index contributed by atoms with van der Waals surface area (Å²) >= 11 is 12.6. The molecule has 35 heavy (non-hydrogen) atoms. The van der Waals surface area contributed by atoms with E-state index in [2.05, 4.69) is 32.2 Å². The van der Waals surface area contributed by atoms with Gasteiger partial charge in [0.15, 0.2) is 6.04 Å². The Bertz CT molecular complexity index is 1060. The van der Waals surface area contributed by atoms with Crippen molar-refractivity contribution in [1.82, 2.24) is 5.32 Å². The summed E-state index contributed by atoms with van der Waals surface area (Å²) in [4.78, 5) is 13.5. The van der Waals surface area contributed by atoms with Crippen LogP contribution in [-0.2, 0) is 10.2 Å². The van der Waals surface area contributed by atoms with Gasteiger partial charge in [-0.15, -0.1) is 0 Å². The van der Waals surface area contributed by atoms with Crippen molar-refractivity contribution in [3.8, 4) is 6.07 Å². The Morgan fingerprint density at radius 2 is 1.89 bits per heavy atom. The number of halogens is 2. The van der Waals surface area contributed by atoms with Gasteiger partial charge in [-0.25, -0.2) is 0 Å². The molecule has 8 heteroatoms. The Morgan fingerprint density at radius 3 is 2.46 bits per heavy atom. The number of hydrogen-bond donors (Lipinski definition) is 4. The van der Waals surface area contributed by atoms with E-state index in [1.165, 1.54) is 0 Å². The molecule has 2 aromatic rings. The second-order valence-corrected chi connectivity index (χ2v) is 11.4. The molecule has 1 aliphatic rings. The van der Waals surface area contributed by atoms with Crippen LogP contribution in [0.4, 0.5) is 0 Å². The van der Waals surface area contributed by atoms with E-state index in [0.717, 1.165) is 11.1 Å². The lowest BCUT2D eigenvalue weighted by molar-refractivity contribution is -0.695. The molecular weight excluding hydrogens is 485 g/mol. The van der Waals surface area contributed by atoms with Crippen molar-refractivity contribution in [2.24, 2.45) is 5.41 Å². The maximum atomic E-state index is 13.5. The van der Waals surface area contributed by atoms with Gasteiger partial charge in [0.05, 0.1) is 24.7 Å². The maximum Gasteiger partial charge on any atom is 0.278 e. The molecule has 0 spiro atoms. The summed E-state index contributed by atoms with van der Waals surface area (Å²) < 4.78 is 0. The molecule has 188 valence electrons. The molecule has 1 aliphatic heterocycles. The third-order valence-corrected chi connectivity index (χ3v) is 7.20. The van der Waals surface area contributed by atoms with Gasteiger partial charge in [-0.1, -0.05) is 68.2 Å². The van der Waals surface area contributed by atoms with E-state index in [0.29, 0.717) is 16.5 Å². The van der Waals surface area contributed by atoms with E-state index in [4.69, 9.17) is 28.3 Å². The van der Waals surface area contributed by atoms with Gasteiger partial charge in [0.2, 0.25) is 0 Å². The third kappa shape index (κ3) is 6.17. The maximum absolute atomic E-state index is 13.5. The standard InChI is InChI=1S/C27H33Cl2N3O3/c1-26(2,3)14-22-27(16-30,18-7-9-19(28)10-8-18)23(17-5-4-6-20(29)13-17)24(32-22)25(35)31-12-11-21(34)15-33/h4-10,13,21-24,32-34H,11-12,14-15H2,1-3H3,(H,31,35)/p+1/t21-,22-,23-,24+,27-/m0/s1. The van der Waals surface area contributed by atoms with Crippen LogP contribution in [0.2, 0.25) is 10.0 Å². The van der Waals surface area contributed by atoms with Gasteiger partial charge in [-0.05, 0) is 47.2 Å². The molecule has 5 N–H and O–H groups in total. The Kier molecular flexibility index (Phi) is 8.85. The van der Waals surface area contributed by atoms with Gasteiger partial charge in [0.1, 0.15) is 11.5 Å². The van der Waals surface area contributed by atoms with Crippen molar-refractivity contribution in [1.29, 1.82) is 5.26 Å². The van der Waals surface area contributed by atoms with Crippen LogP contribution in [-0.4, -0.2) is 47.5 Å². The first-order valence-electron chi connectivity index (χ1n) is 11.9. The van der Waals surface area contributed by atoms with Crippen LogP contribution in [0.15, 0.2) is 48.5 Å². The van der Waals surface area contributed by atoms with Gasteiger partial charge in [-0.3, -0.25) is 4.79 Å². The second-order valence-electron chi connectivity index (χ2n) is 10.5. The van der Waals surface area contributed by atoms with Crippen LogP contribution in [0.3, 0.4) is 0 Å². The van der Waals surface area contributed by atoms with Crippen molar-refractivity contribution in [2.75, 3.05) is 13.2 Å². The molecule has 6 nitrogen and oxygen atoms in total. The van der Waals surface area contributed by atoms with Gasteiger partial charge in [-0.2, -0.15) is 5.26 Å². The fourth-order valence-corrected chi connectivity index (χ4v) is 5.56. The molecule has 0 radical (unpaired) electrons. The van der Waals surface area contributed by atoms with Crippen molar-refractivity contribution in [2.45, 2.75) is 63.1 Å². The molecule has 3 rings (SSSR count). The minimum Gasteiger partial charge on any atom is -0.394 e. The van der Waals surface area contributed by atoms with Crippen LogP contribution in [0.1, 0.15) is 50.7 Å². The third-order valence-electron chi connectivity index (χ3n) is 6.71. The first kappa shape index (κ1) is 27.4. The molecule has 0 bridgehead atoms. The van der Waals surface area contributed by atoms with Crippen LogP contribution < -0.4 is 10.6 Å². The van der Waals surface area contributed by atoms with Crippen LogP contribution in [0.5, 0.6) is 0 Å². The van der Waals surface area contributed by atoms with E-state index in [-0.39, 0.29) is 36.9 Å². The average molecular weight is 519 g/mol. The van der Waals surface area contributed by atoms with Crippen molar-refractivity contribution in [3.05, 3.63) is 69.7 Å². The number of rotatable bonds is 8. The lowest BCUT2D eigenvalue weighted by Gasteiger charge is -2.34. The molecule has 1 saturated heterocycles. The molecule has 0 aromatic heterocycles. The Labute approximate surface area is 217 Å². The number of aliphatic hydroxyl groups is 2. The molecule has 1 amide bonds. The predicted octanol–water partition coefficient (Wildman–Crippen LogP) is 3.15. The number of quaternary nitrogens is 1. The average Bonchev–Trinajstić information content (AvgIpc) is 3.12. The molecule has 0 aliphatic carbocycles. The fourth-order valence-electron chi connectivity index (χ4n) is 5.23. The molecule has 1 fully saturated rings. The molecular formula is C27H34Cl2N3O3+. The lowest BCUT2D eigenvalue weighted by atomic mass is 9.63. The number of nitrogens with two attached hydrogens (primary N) is 1. The fraction of sp³-hybridized carbons (Fsp3) is 0.481. The van der Waals surface area contributed by atoms with Gasteiger partial charge in [0.25, 0.3) is 5.91 Å². The summed E-state index contributed by atoms with van der Waals surface area (Å²) in [6.07, 6.45) is 0.0447. The van der Waals surface area contributed by atoms with E-state index in [1.54, 1.807) is 18.2 Å². The smallest absolute Gasteiger partial charge is 0.278 e. The summed E-state index contributed by atoms with van der Waals surface area (Å²) in [6.45, 7) is 6.24. The van der Waals surface area contributed by atoms with E-state index in [1.807, 2.05) is 35.6 Å². The SMILES string of the molecule is CC(C)(C)C[C@@H]1[NH2+][C@@H](C(=O)NCC[C@H](O)CO)[C@H](c2cccc(Cl)c2)[C@@]1(C#N)c1ccc(Cl)cc1.